The minimum atomic E-state index is -0.495. The number of hydrogen-bond acceptors (Lipinski definition) is 2. The fraction of sp³-hybridized carbons (Fsp3) is 0.429. The normalized spacial score (nSPS) is 16.2. The van der Waals surface area contributed by atoms with Crippen LogP contribution in [0.25, 0.3) is 0 Å². The van der Waals surface area contributed by atoms with Crippen LogP contribution in [0.1, 0.15) is 19.4 Å². The Morgan fingerprint density at radius 3 is 2.55 bits per heavy atom. The van der Waals surface area contributed by atoms with Gasteiger partial charge < -0.3 is 9.80 Å². The van der Waals surface area contributed by atoms with Gasteiger partial charge in [-0.1, -0.05) is 6.07 Å². The van der Waals surface area contributed by atoms with E-state index in [1.54, 1.807) is 17.0 Å². The molecule has 1 heterocycles. The number of hydrogen-bond donors (Lipinski definition) is 0. The van der Waals surface area contributed by atoms with Gasteiger partial charge in [0.05, 0.1) is 4.47 Å². The SMILES string of the molecule is CC(C)N1CCN(Cc2ccc(F)c(Br)c2)C(=O)C1=O. The smallest absolute Gasteiger partial charge is 0.312 e. The summed E-state index contributed by atoms with van der Waals surface area (Å²) in [5, 5.41) is 0. The molecule has 0 saturated carbocycles. The minimum Gasteiger partial charge on any atom is -0.330 e. The van der Waals surface area contributed by atoms with Crippen LogP contribution in [-0.2, 0) is 16.1 Å². The molecule has 20 heavy (non-hydrogen) atoms. The molecule has 0 bridgehead atoms. The highest BCUT2D eigenvalue weighted by Gasteiger charge is 2.33. The molecule has 2 rings (SSSR count). The topological polar surface area (TPSA) is 40.6 Å². The van der Waals surface area contributed by atoms with Gasteiger partial charge in [0, 0.05) is 25.7 Å². The van der Waals surface area contributed by atoms with Gasteiger partial charge in [-0.2, -0.15) is 0 Å². The number of amides is 2. The van der Waals surface area contributed by atoms with Gasteiger partial charge in [-0.05, 0) is 47.5 Å². The van der Waals surface area contributed by atoms with E-state index >= 15 is 0 Å². The third kappa shape index (κ3) is 3.00. The van der Waals surface area contributed by atoms with E-state index in [2.05, 4.69) is 15.9 Å². The summed E-state index contributed by atoms with van der Waals surface area (Å²) in [5.74, 6) is -1.31. The van der Waals surface area contributed by atoms with Crippen molar-refractivity contribution in [2.45, 2.75) is 26.4 Å². The first-order valence-corrected chi connectivity index (χ1v) is 7.23. The van der Waals surface area contributed by atoms with E-state index in [1.165, 1.54) is 11.0 Å². The molecule has 0 radical (unpaired) electrons. The summed E-state index contributed by atoms with van der Waals surface area (Å²) < 4.78 is 13.5. The zero-order chi connectivity index (χ0) is 14.9. The van der Waals surface area contributed by atoms with Crippen LogP contribution in [0.4, 0.5) is 4.39 Å². The van der Waals surface area contributed by atoms with Crippen molar-refractivity contribution >= 4 is 27.7 Å². The summed E-state index contributed by atoms with van der Waals surface area (Å²) in [7, 11) is 0. The van der Waals surface area contributed by atoms with Crippen LogP contribution in [0.3, 0.4) is 0 Å². The molecule has 0 aromatic heterocycles. The molecule has 1 aliphatic heterocycles. The lowest BCUT2D eigenvalue weighted by molar-refractivity contribution is -0.157. The standard InChI is InChI=1S/C14H16BrFN2O2/c1-9(2)18-6-5-17(13(19)14(18)20)8-10-3-4-12(16)11(15)7-10/h3-4,7,9H,5-6,8H2,1-2H3. The van der Waals surface area contributed by atoms with Crippen molar-refractivity contribution < 1.29 is 14.0 Å². The van der Waals surface area contributed by atoms with Crippen LogP contribution in [-0.4, -0.2) is 40.7 Å². The third-order valence-electron chi connectivity index (χ3n) is 3.32. The average molecular weight is 343 g/mol. The summed E-state index contributed by atoms with van der Waals surface area (Å²) in [6.45, 7) is 5.12. The van der Waals surface area contributed by atoms with Gasteiger partial charge in [0.2, 0.25) is 0 Å². The van der Waals surface area contributed by atoms with Gasteiger partial charge in [0.1, 0.15) is 5.82 Å². The van der Waals surface area contributed by atoms with Crippen molar-refractivity contribution in [3.63, 3.8) is 0 Å². The van der Waals surface area contributed by atoms with Crippen molar-refractivity contribution in [1.29, 1.82) is 0 Å². The monoisotopic (exact) mass is 342 g/mol. The van der Waals surface area contributed by atoms with E-state index in [4.69, 9.17) is 0 Å². The molecule has 0 N–H and O–H groups in total. The highest BCUT2D eigenvalue weighted by atomic mass is 79.9. The summed E-state index contributed by atoms with van der Waals surface area (Å²) in [6.07, 6.45) is 0. The Kier molecular flexibility index (Phi) is 4.42. The lowest BCUT2D eigenvalue weighted by atomic mass is 10.1. The molecular weight excluding hydrogens is 327 g/mol. The van der Waals surface area contributed by atoms with Gasteiger partial charge in [-0.25, -0.2) is 4.39 Å². The van der Waals surface area contributed by atoms with E-state index < -0.39 is 11.8 Å². The molecule has 108 valence electrons. The van der Waals surface area contributed by atoms with Gasteiger partial charge in [-0.15, -0.1) is 0 Å². The average Bonchev–Trinajstić information content (AvgIpc) is 2.39. The molecule has 0 aliphatic carbocycles. The van der Waals surface area contributed by atoms with E-state index in [-0.39, 0.29) is 11.9 Å². The summed E-state index contributed by atoms with van der Waals surface area (Å²) in [5.41, 5.74) is 0.789. The largest absolute Gasteiger partial charge is 0.330 e. The van der Waals surface area contributed by atoms with Crippen LogP contribution < -0.4 is 0 Å². The van der Waals surface area contributed by atoms with Crippen LogP contribution in [0.15, 0.2) is 22.7 Å². The maximum absolute atomic E-state index is 13.2. The molecule has 0 atom stereocenters. The number of carbonyl (C=O) groups is 2. The first-order valence-electron chi connectivity index (χ1n) is 6.44. The number of nitrogens with zero attached hydrogens (tertiary/aromatic N) is 2. The molecule has 1 aromatic rings. The van der Waals surface area contributed by atoms with E-state index in [1.807, 2.05) is 13.8 Å². The van der Waals surface area contributed by atoms with Crippen molar-refractivity contribution in [3.05, 3.63) is 34.1 Å². The number of piperazine rings is 1. The van der Waals surface area contributed by atoms with Gasteiger partial charge >= 0.3 is 11.8 Å². The number of rotatable bonds is 3. The van der Waals surface area contributed by atoms with Crippen molar-refractivity contribution in [3.8, 4) is 0 Å². The summed E-state index contributed by atoms with van der Waals surface area (Å²) in [6, 6.07) is 4.61. The fourth-order valence-electron chi connectivity index (χ4n) is 2.19. The number of halogens is 2. The fourth-order valence-corrected chi connectivity index (χ4v) is 2.62. The van der Waals surface area contributed by atoms with Gasteiger partial charge in [0.25, 0.3) is 0 Å². The maximum Gasteiger partial charge on any atom is 0.312 e. The quantitative estimate of drug-likeness (QED) is 0.790. The second-order valence-electron chi connectivity index (χ2n) is 5.07. The first-order chi connectivity index (χ1) is 9.40. The van der Waals surface area contributed by atoms with Crippen LogP contribution >= 0.6 is 15.9 Å². The van der Waals surface area contributed by atoms with Gasteiger partial charge in [0.15, 0.2) is 0 Å². The molecule has 1 aromatic carbocycles. The second-order valence-corrected chi connectivity index (χ2v) is 5.92. The van der Waals surface area contributed by atoms with Crippen LogP contribution in [0.5, 0.6) is 0 Å². The maximum atomic E-state index is 13.2. The molecule has 1 fully saturated rings. The van der Waals surface area contributed by atoms with Crippen molar-refractivity contribution in [2.24, 2.45) is 0 Å². The molecule has 0 unspecified atom stereocenters. The first kappa shape index (κ1) is 15.0. The lowest BCUT2D eigenvalue weighted by Crippen LogP contribution is -2.55. The Balaban J connectivity index is 2.09. The van der Waals surface area contributed by atoms with E-state index in [9.17, 15) is 14.0 Å². The van der Waals surface area contributed by atoms with Gasteiger partial charge in [-0.3, -0.25) is 9.59 Å². The molecular formula is C14H16BrFN2O2. The lowest BCUT2D eigenvalue weighted by Gasteiger charge is -2.36. The number of benzene rings is 1. The Morgan fingerprint density at radius 2 is 1.95 bits per heavy atom. The molecule has 1 aliphatic rings. The van der Waals surface area contributed by atoms with Crippen LogP contribution in [0.2, 0.25) is 0 Å². The van der Waals surface area contributed by atoms with Crippen molar-refractivity contribution in [1.82, 2.24) is 9.80 Å². The molecule has 1 saturated heterocycles. The summed E-state index contributed by atoms with van der Waals surface area (Å²) in [4.78, 5) is 27.1. The third-order valence-corrected chi connectivity index (χ3v) is 3.93. The molecule has 4 nitrogen and oxygen atoms in total. The Labute approximate surface area is 125 Å². The highest BCUT2D eigenvalue weighted by Crippen LogP contribution is 2.19. The van der Waals surface area contributed by atoms with Crippen LogP contribution in [0, 0.1) is 5.82 Å². The Hall–Kier alpha value is -1.43. The summed E-state index contributed by atoms with van der Waals surface area (Å²) >= 11 is 3.11. The van der Waals surface area contributed by atoms with E-state index in [0.717, 1.165) is 5.56 Å². The zero-order valence-corrected chi connectivity index (χ0v) is 13.0. The number of carbonyl (C=O) groups excluding carboxylic acids is 2. The predicted octanol–water partition coefficient (Wildman–Crippen LogP) is 2.17. The Bertz CT molecular complexity index is 548. The zero-order valence-electron chi connectivity index (χ0n) is 11.4. The highest BCUT2D eigenvalue weighted by molar-refractivity contribution is 9.10. The Morgan fingerprint density at radius 1 is 1.25 bits per heavy atom. The molecule has 0 spiro atoms. The molecule has 2 amide bonds. The molecule has 6 heteroatoms. The van der Waals surface area contributed by atoms with E-state index in [0.29, 0.717) is 24.1 Å². The minimum absolute atomic E-state index is 0.0218. The second kappa shape index (κ2) is 5.91. The predicted molar refractivity (Wildman–Crippen MR) is 76.4 cm³/mol. The van der Waals surface area contributed by atoms with Crippen molar-refractivity contribution in [2.75, 3.05) is 13.1 Å².